The Morgan fingerprint density at radius 1 is 1.30 bits per heavy atom. The van der Waals surface area contributed by atoms with Gasteiger partial charge in [0, 0.05) is 18.5 Å². The summed E-state index contributed by atoms with van der Waals surface area (Å²) in [5, 5.41) is 30.7. The summed E-state index contributed by atoms with van der Waals surface area (Å²) in [4.78, 5) is 13.7. The first kappa shape index (κ1) is 21.3. The van der Waals surface area contributed by atoms with Crippen molar-refractivity contribution in [3.05, 3.63) is 52.8 Å². The lowest BCUT2D eigenvalue weighted by Crippen LogP contribution is -2.45. The number of carbonyl (C=O) groups excluding carboxylic acids is 1. The molecule has 2 aromatic rings. The van der Waals surface area contributed by atoms with Crippen LogP contribution in [-0.2, 0) is 17.8 Å². The van der Waals surface area contributed by atoms with Gasteiger partial charge in [0.2, 0.25) is 0 Å². The maximum atomic E-state index is 14.8. The molecular formula is C22H21FN4O3. The number of nitriles is 2. The van der Waals surface area contributed by atoms with Crippen molar-refractivity contribution in [3.63, 3.8) is 0 Å². The van der Waals surface area contributed by atoms with E-state index in [0.29, 0.717) is 16.9 Å². The lowest BCUT2D eigenvalue weighted by atomic mass is 9.93. The standard InChI is InChI=1S/C22H21FN4O3/c1-27(2)11-20(28)22(29)26-16(10-25)6-14-7-21-18(8-19(14)23)17-4-3-13(9-24)5-15(17)12-30-21/h3-5,7-8,16,20,28H,6,11-12H2,1-2H3,(H,26,29)/t16?,20-/m0/s1. The van der Waals surface area contributed by atoms with Gasteiger partial charge in [0.25, 0.3) is 5.91 Å². The van der Waals surface area contributed by atoms with Crippen LogP contribution >= 0.6 is 0 Å². The van der Waals surface area contributed by atoms with Gasteiger partial charge in [0.1, 0.15) is 30.3 Å². The van der Waals surface area contributed by atoms with E-state index in [1.54, 1.807) is 37.2 Å². The topological polar surface area (TPSA) is 109 Å². The summed E-state index contributed by atoms with van der Waals surface area (Å²) in [5.41, 5.74) is 2.88. The van der Waals surface area contributed by atoms with Crippen LogP contribution < -0.4 is 10.1 Å². The van der Waals surface area contributed by atoms with Gasteiger partial charge in [-0.25, -0.2) is 4.39 Å². The van der Waals surface area contributed by atoms with Crippen LogP contribution in [-0.4, -0.2) is 48.7 Å². The molecule has 7 nitrogen and oxygen atoms in total. The Labute approximate surface area is 173 Å². The molecule has 0 fully saturated rings. The molecule has 0 bridgehead atoms. The van der Waals surface area contributed by atoms with E-state index >= 15 is 0 Å². The van der Waals surface area contributed by atoms with Crippen molar-refractivity contribution < 1.29 is 19.0 Å². The molecule has 3 rings (SSSR count). The van der Waals surface area contributed by atoms with E-state index in [0.717, 1.165) is 11.1 Å². The fourth-order valence-electron chi connectivity index (χ4n) is 3.33. The zero-order valence-corrected chi connectivity index (χ0v) is 16.6. The van der Waals surface area contributed by atoms with Gasteiger partial charge < -0.3 is 20.1 Å². The van der Waals surface area contributed by atoms with E-state index in [9.17, 15) is 19.6 Å². The summed E-state index contributed by atoms with van der Waals surface area (Å²) < 4.78 is 20.5. The number of aliphatic hydroxyl groups is 1. The third-order valence-corrected chi connectivity index (χ3v) is 4.79. The van der Waals surface area contributed by atoms with E-state index in [1.807, 2.05) is 6.07 Å². The van der Waals surface area contributed by atoms with E-state index in [4.69, 9.17) is 10.00 Å². The Morgan fingerprint density at radius 3 is 2.73 bits per heavy atom. The smallest absolute Gasteiger partial charge is 0.251 e. The Bertz CT molecular complexity index is 1060. The van der Waals surface area contributed by atoms with Crippen molar-refractivity contribution >= 4 is 5.91 Å². The number of carbonyl (C=O) groups is 1. The SMILES string of the molecule is CN(C)C[C@H](O)C(=O)NC(C#N)Cc1cc2c(cc1F)-c1ccc(C#N)cc1CO2. The molecule has 0 aromatic heterocycles. The molecule has 0 spiro atoms. The third kappa shape index (κ3) is 4.57. The molecule has 1 aliphatic heterocycles. The molecule has 0 saturated carbocycles. The first-order valence-corrected chi connectivity index (χ1v) is 9.33. The number of fused-ring (bicyclic) bond motifs is 3. The van der Waals surface area contributed by atoms with Gasteiger partial charge in [0.05, 0.1) is 17.7 Å². The third-order valence-electron chi connectivity index (χ3n) is 4.79. The molecule has 30 heavy (non-hydrogen) atoms. The highest BCUT2D eigenvalue weighted by atomic mass is 19.1. The second-order valence-electron chi connectivity index (χ2n) is 7.38. The highest BCUT2D eigenvalue weighted by Crippen LogP contribution is 2.39. The van der Waals surface area contributed by atoms with Gasteiger partial charge >= 0.3 is 0 Å². The van der Waals surface area contributed by atoms with E-state index in [2.05, 4.69) is 11.4 Å². The van der Waals surface area contributed by atoms with Gasteiger partial charge in [-0.2, -0.15) is 10.5 Å². The number of ether oxygens (including phenoxy) is 1. The van der Waals surface area contributed by atoms with Crippen molar-refractivity contribution in [1.82, 2.24) is 10.2 Å². The molecule has 2 aromatic carbocycles. The molecule has 154 valence electrons. The lowest BCUT2D eigenvalue weighted by Gasteiger charge is -2.23. The molecule has 2 N–H and O–H groups in total. The van der Waals surface area contributed by atoms with Crippen molar-refractivity contribution in [3.8, 4) is 29.0 Å². The number of hydrogen-bond donors (Lipinski definition) is 2. The predicted molar refractivity (Wildman–Crippen MR) is 107 cm³/mol. The number of nitrogens with one attached hydrogen (secondary N) is 1. The van der Waals surface area contributed by atoms with Crippen molar-refractivity contribution in [2.45, 2.75) is 25.2 Å². The van der Waals surface area contributed by atoms with Crippen molar-refractivity contribution in [2.75, 3.05) is 20.6 Å². The summed E-state index contributed by atoms with van der Waals surface area (Å²) in [6.45, 7) is 0.357. The summed E-state index contributed by atoms with van der Waals surface area (Å²) in [6, 6.07) is 11.0. The summed E-state index contributed by atoms with van der Waals surface area (Å²) in [7, 11) is 3.42. The molecule has 0 aliphatic carbocycles. The maximum absolute atomic E-state index is 14.8. The molecule has 8 heteroatoms. The minimum Gasteiger partial charge on any atom is -0.488 e. The number of hydrogen-bond acceptors (Lipinski definition) is 6. The average Bonchev–Trinajstić information content (AvgIpc) is 2.72. The minimum absolute atomic E-state index is 0.0698. The second kappa shape index (κ2) is 8.91. The fraction of sp³-hybridized carbons (Fsp3) is 0.318. The van der Waals surface area contributed by atoms with E-state index in [-0.39, 0.29) is 25.1 Å². The Kier molecular flexibility index (Phi) is 6.31. The van der Waals surface area contributed by atoms with Crippen LogP contribution in [0, 0.1) is 28.5 Å². The Morgan fingerprint density at radius 2 is 2.07 bits per heavy atom. The monoisotopic (exact) mass is 408 g/mol. The summed E-state index contributed by atoms with van der Waals surface area (Å²) in [6.07, 6.45) is -1.36. The highest BCUT2D eigenvalue weighted by molar-refractivity contribution is 5.81. The number of halogens is 1. The second-order valence-corrected chi connectivity index (χ2v) is 7.38. The van der Waals surface area contributed by atoms with E-state index < -0.39 is 23.9 Å². The first-order valence-electron chi connectivity index (χ1n) is 9.33. The molecule has 1 amide bonds. The lowest BCUT2D eigenvalue weighted by molar-refractivity contribution is -0.130. The number of rotatable bonds is 6. The van der Waals surface area contributed by atoms with E-state index in [1.165, 1.54) is 12.1 Å². The van der Waals surface area contributed by atoms with Gasteiger partial charge in [-0.05, 0) is 55.1 Å². The van der Waals surface area contributed by atoms with Crippen LogP contribution in [0.4, 0.5) is 4.39 Å². The molecule has 0 saturated heterocycles. The molecular weight excluding hydrogens is 387 g/mol. The molecule has 1 unspecified atom stereocenters. The molecule has 1 heterocycles. The average molecular weight is 408 g/mol. The molecule has 0 radical (unpaired) electrons. The van der Waals surface area contributed by atoms with Crippen LogP contribution in [0.15, 0.2) is 30.3 Å². The van der Waals surface area contributed by atoms with Crippen LogP contribution in [0.5, 0.6) is 5.75 Å². The quantitative estimate of drug-likeness (QED) is 0.753. The van der Waals surface area contributed by atoms with Gasteiger partial charge in [-0.1, -0.05) is 6.07 Å². The Balaban J connectivity index is 1.80. The number of aliphatic hydroxyl groups excluding tert-OH is 1. The van der Waals surface area contributed by atoms with Gasteiger partial charge in [0.15, 0.2) is 0 Å². The first-order chi connectivity index (χ1) is 14.3. The van der Waals surface area contributed by atoms with Crippen LogP contribution in [0.3, 0.4) is 0 Å². The van der Waals surface area contributed by atoms with Crippen LogP contribution in [0.25, 0.3) is 11.1 Å². The number of amides is 1. The predicted octanol–water partition coefficient (Wildman–Crippen LogP) is 1.73. The zero-order chi connectivity index (χ0) is 21.8. The number of nitrogens with zero attached hydrogens (tertiary/aromatic N) is 3. The zero-order valence-electron chi connectivity index (χ0n) is 16.6. The highest BCUT2D eigenvalue weighted by Gasteiger charge is 2.24. The Hall–Kier alpha value is -3.46. The normalized spacial score (nSPS) is 13.8. The molecule has 1 aliphatic rings. The fourth-order valence-corrected chi connectivity index (χ4v) is 3.33. The van der Waals surface area contributed by atoms with Gasteiger partial charge in [-0.15, -0.1) is 0 Å². The summed E-state index contributed by atoms with van der Waals surface area (Å²) in [5.74, 6) is -0.746. The van der Waals surface area contributed by atoms with Crippen molar-refractivity contribution in [1.29, 1.82) is 10.5 Å². The van der Waals surface area contributed by atoms with Crippen LogP contribution in [0.2, 0.25) is 0 Å². The van der Waals surface area contributed by atoms with Crippen molar-refractivity contribution in [2.24, 2.45) is 0 Å². The van der Waals surface area contributed by atoms with Crippen LogP contribution in [0.1, 0.15) is 16.7 Å². The summed E-state index contributed by atoms with van der Waals surface area (Å²) >= 11 is 0. The largest absolute Gasteiger partial charge is 0.488 e. The molecule has 2 atom stereocenters. The number of benzene rings is 2. The minimum atomic E-state index is -1.29. The number of likely N-dealkylation sites (N-methyl/N-ethyl adjacent to an activating group) is 1. The van der Waals surface area contributed by atoms with Gasteiger partial charge in [-0.3, -0.25) is 4.79 Å². The maximum Gasteiger partial charge on any atom is 0.251 e.